The summed E-state index contributed by atoms with van der Waals surface area (Å²) in [5.74, 6) is 0.366. The van der Waals surface area contributed by atoms with Crippen LogP contribution in [0.3, 0.4) is 0 Å². The Morgan fingerprint density at radius 1 is 1.53 bits per heavy atom. The van der Waals surface area contributed by atoms with Gasteiger partial charge < -0.3 is 15.2 Å². The van der Waals surface area contributed by atoms with E-state index in [4.69, 9.17) is 9.84 Å². The van der Waals surface area contributed by atoms with Crippen molar-refractivity contribution in [2.45, 2.75) is 25.5 Å². The van der Waals surface area contributed by atoms with Gasteiger partial charge >= 0.3 is 0 Å². The van der Waals surface area contributed by atoms with E-state index in [2.05, 4.69) is 5.32 Å². The summed E-state index contributed by atoms with van der Waals surface area (Å²) in [6.07, 6.45) is 0.512. The maximum absolute atomic E-state index is 12.9. The maximum Gasteiger partial charge on any atom is 0.143 e. The number of aliphatic hydroxyl groups is 1. The van der Waals surface area contributed by atoms with Gasteiger partial charge in [-0.2, -0.15) is 0 Å². The first-order valence-electron chi connectivity index (χ1n) is 5.04. The van der Waals surface area contributed by atoms with Gasteiger partial charge in [0.1, 0.15) is 17.7 Å². The van der Waals surface area contributed by atoms with E-state index in [1.165, 1.54) is 12.1 Å². The minimum absolute atomic E-state index is 0.0621. The number of fused-ring (bicyclic) bond motifs is 1. The first-order chi connectivity index (χ1) is 7.20. The van der Waals surface area contributed by atoms with Gasteiger partial charge in [0.2, 0.25) is 0 Å². The van der Waals surface area contributed by atoms with Gasteiger partial charge in [-0.25, -0.2) is 4.39 Å². The average molecular weight is 211 g/mol. The second-order valence-corrected chi connectivity index (χ2v) is 3.74. The fourth-order valence-electron chi connectivity index (χ4n) is 1.76. The number of rotatable bonds is 2. The summed E-state index contributed by atoms with van der Waals surface area (Å²) in [5.41, 5.74) is 0.677. The number of ether oxygens (including phenoxy) is 1. The summed E-state index contributed by atoms with van der Waals surface area (Å²) < 4.78 is 18.6. The molecule has 2 atom stereocenters. The van der Waals surface area contributed by atoms with Crippen LogP contribution in [0.15, 0.2) is 18.2 Å². The van der Waals surface area contributed by atoms with Gasteiger partial charge in [-0.1, -0.05) is 0 Å². The largest absolute Gasteiger partial charge is 0.486 e. The molecule has 15 heavy (non-hydrogen) atoms. The van der Waals surface area contributed by atoms with E-state index in [1.807, 2.05) is 6.92 Å². The average Bonchev–Trinajstić information content (AvgIpc) is 2.20. The molecule has 1 aromatic rings. The van der Waals surface area contributed by atoms with Gasteiger partial charge in [-0.3, -0.25) is 0 Å². The highest BCUT2D eigenvalue weighted by Crippen LogP contribution is 2.32. The van der Waals surface area contributed by atoms with E-state index in [0.717, 1.165) is 0 Å². The minimum atomic E-state index is -0.280. The molecule has 2 rings (SSSR count). The van der Waals surface area contributed by atoms with Crippen molar-refractivity contribution in [2.75, 3.05) is 11.9 Å². The fraction of sp³-hybridized carbons (Fsp3) is 0.455. The van der Waals surface area contributed by atoms with Crippen LogP contribution in [-0.2, 0) is 0 Å². The van der Waals surface area contributed by atoms with Crippen molar-refractivity contribution in [1.82, 2.24) is 0 Å². The third-order valence-corrected chi connectivity index (χ3v) is 2.57. The third kappa shape index (κ3) is 2.04. The summed E-state index contributed by atoms with van der Waals surface area (Å²) in [7, 11) is 0. The van der Waals surface area contributed by atoms with Crippen LogP contribution >= 0.6 is 0 Å². The van der Waals surface area contributed by atoms with E-state index in [9.17, 15) is 4.39 Å². The molecule has 1 aliphatic heterocycles. The molecule has 0 bridgehead atoms. The topological polar surface area (TPSA) is 41.5 Å². The van der Waals surface area contributed by atoms with Crippen molar-refractivity contribution < 1.29 is 14.2 Å². The van der Waals surface area contributed by atoms with Crippen molar-refractivity contribution in [3.05, 3.63) is 24.0 Å². The van der Waals surface area contributed by atoms with Gasteiger partial charge in [0, 0.05) is 19.1 Å². The molecular formula is C11H14FNO2. The number of halogens is 1. The van der Waals surface area contributed by atoms with Gasteiger partial charge in [0.15, 0.2) is 0 Å². The van der Waals surface area contributed by atoms with Gasteiger partial charge in [0.25, 0.3) is 0 Å². The van der Waals surface area contributed by atoms with Crippen LogP contribution in [0.4, 0.5) is 10.1 Å². The molecule has 0 saturated carbocycles. The zero-order valence-corrected chi connectivity index (χ0v) is 8.53. The molecule has 0 aliphatic carbocycles. The first kappa shape index (κ1) is 10.2. The van der Waals surface area contributed by atoms with Crippen LogP contribution in [0.25, 0.3) is 0 Å². The van der Waals surface area contributed by atoms with Crippen molar-refractivity contribution >= 4 is 5.69 Å². The second kappa shape index (κ2) is 4.06. The van der Waals surface area contributed by atoms with E-state index in [0.29, 0.717) is 17.9 Å². The highest BCUT2D eigenvalue weighted by Gasteiger charge is 2.25. The Labute approximate surface area is 87.9 Å². The molecule has 3 nitrogen and oxygen atoms in total. The summed E-state index contributed by atoms with van der Waals surface area (Å²) in [4.78, 5) is 0. The van der Waals surface area contributed by atoms with E-state index in [1.54, 1.807) is 6.07 Å². The molecule has 4 heteroatoms. The quantitative estimate of drug-likeness (QED) is 0.783. The minimum Gasteiger partial charge on any atom is -0.486 e. The number of hydrogen-bond acceptors (Lipinski definition) is 3. The van der Waals surface area contributed by atoms with Gasteiger partial charge in [-0.15, -0.1) is 0 Å². The predicted molar refractivity (Wildman–Crippen MR) is 55.6 cm³/mol. The monoisotopic (exact) mass is 211 g/mol. The standard InChI is InChI=1S/C11H14FNO2/c1-7-10(4-5-14)15-11-3-2-8(12)6-9(11)13-7/h2-3,6-7,10,13-14H,4-5H2,1H3. The Balaban J connectivity index is 2.22. The Hall–Kier alpha value is -1.29. The molecule has 0 fully saturated rings. The third-order valence-electron chi connectivity index (χ3n) is 2.57. The van der Waals surface area contributed by atoms with Crippen molar-refractivity contribution in [1.29, 1.82) is 0 Å². The molecule has 0 radical (unpaired) electrons. The number of nitrogens with one attached hydrogen (secondary N) is 1. The Bertz CT molecular complexity index is 356. The zero-order chi connectivity index (χ0) is 10.8. The highest BCUT2D eigenvalue weighted by atomic mass is 19.1. The van der Waals surface area contributed by atoms with Gasteiger partial charge in [0.05, 0.1) is 11.7 Å². The van der Waals surface area contributed by atoms with Crippen LogP contribution in [0.2, 0.25) is 0 Å². The highest BCUT2D eigenvalue weighted by molar-refractivity contribution is 5.58. The maximum atomic E-state index is 12.9. The fourth-order valence-corrected chi connectivity index (χ4v) is 1.76. The molecule has 0 amide bonds. The van der Waals surface area contributed by atoms with Crippen LogP contribution in [0.5, 0.6) is 5.75 Å². The van der Waals surface area contributed by atoms with Crippen LogP contribution < -0.4 is 10.1 Å². The lowest BCUT2D eigenvalue weighted by molar-refractivity contribution is 0.134. The molecule has 82 valence electrons. The molecular weight excluding hydrogens is 197 g/mol. The van der Waals surface area contributed by atoms with E-state index >= 15 is 0 Å². The summed E-state index contributed by atoms with van der Waals surface area (Å²) in [5, 5.41) is 12.0. The predicted octanol–water partition coefficient (Wildman–Crippen LogP) is 1.77. The normalized spacial score (nSPS) is 23.9. The molecule has 1 heterocycles. The number of aliphatic hydroxyl groups excluding tert-OH is 1. The molecule has 2 unspecified atom stereocenters. The summed E-state index contributed by atoms with van der Waals surface area (Å²) in [6, 6.07) is 4.47. The molecule has 2 N–H and O–H groups in total. The van der Waals surface area contributed by atoms with Crippen LogP contribution in [0, 0.1) is 5.82 Å². The van der Waals surface area contributed by atoms with Gasteiger partial charge in [-0.05, 0) is 19.1 Å². The summed E-state index contributed by atoms with van der Waals surface area (Å²) >= 11 is 0. The smallest absolute Gasteiger partial charge is 0.143 e. The lowest BCUT2D eigenvalue weighted by Crippen LogP contribution is -2.39. The molecule has 0 saturated heterocycles. The Kier molecular flexibility index (Phi) is 2.77. The summed E-state index contributed by atoms with van der Waals surface area (Å²) in [6.45, 7) is 2.04. The van der Waals surface area contributed by atoms with E-state index < -0.39 is 0 Å². The Morgan fingerprint density at radius 3 is 3.07 bits per heavy atom. The second-order valence-electron chi connectivity index (χ2n) is 3.74. The van der Waals surface area contributed by atoms with Crippen LogP contribution in [0.1, 0.15) is 13.3 Å². The van der Waals surface area contributed by atoms with Crippen LogP contribution in [-0.4, -0.2) is 23.9 Å². The molecule has 1 aliphatic rings. The molecule has 0 aromatic heterocycles. The van der Waals surface area contributed by atoms with E-state index in [-0.39, 0.29) is 24.6 Å². The van der Waals surface area contributed by atoms with Crippen molar-refractivity contribution in [3.8, 4) is 5.75 Å². The Morgan fingerprint density at radius 2 is 2.33 bits per heavy atom. The number of benzene rings is 1. The SMILES string of the molecule is CC1Nc2cc(F)ccc2OC1CCO. The lowest BCUT2D eigenvalue weighted by Gasteiger charge is -2.32. The molecule has 0 spiro atoms. The zero-order valence-electron chi connectivity index (χ0n) is 8.53. The number of hydrogen-bond donors (Lipinski definition) is 2. The van der Waals surface area contributed by atoms with Crippen molar-refractivity contribution in [3.63, 3.8) is 0 Å². The number of anilines is 1. The first-order valence-corrected chi connectivity index (χ1v) is 5.04. The lowest BCUT2D eigenvalue weighted by atomic mass is 10.1. The molecule has 1 aromatic carbocycles. The van der Waals surface area contributed by atoms with Crippen molar-refractivity contribution in [2.24, 2.45) is 0 Å².